The SMILES string of the molecule is O=C(O)c1ccc(NC(=O)N2CCCCCC2)c(Cl)c1. The van der Waals surface area contributed by atoms with Crippen LogP contribution in [-0.4, -0.2) is 35.1 Å². The van der Waals surface area contributed by atoms with Gasteiger partial charge >= 0.3 is 12.0 Å². The van der Waals surface area contributed by atoms with Gasteiger partial charge < -0.3 is 15.3 Å². The Hall–Kier alpha value is -1.75. The van der Waals surface area contributed by atoms with Gasteiger partial charge in [0.15, 0.2) is 0 Å². The highest BCUT2D eigenvalue weighted by Crippen LogP contribution is 2.24. The van der Waals surface area contributed by atoms with E-state index in [1.807, 2.05) is 0 Å². The van der Waals surface area contributed by atoms with E-state index in [1.54, 1.807) is 4.90 Å². The summed E-state index contributed by atoms with van der Waals surface area (Å²) in [4.78, 5) is 24.7. The topological polar surface area (TPSA) is 69.6 Å². The number of carboxylic acid groups (broad SMARTS) is 1. The highest BCUT2D eigenvalue weighted by atomic mass is 35.5. The van der Waals surface area contributed by atoms with Crippen LogP contribution in [0.15, 0.2) is 18.2 Å². The molecule has 108 valence electrons. The minimum atomic E-state index is -1.04. The van der Waals surface area contributed by atoms with Gasteiger partial charge in [0.25, 0.3) is 0 Å². The number of anilines is 1. The Morgan fingerprint density at radius 1 is 1.15 bits per heavy atom. The number of benzene rings is 1. The molecule has 0 bridgehead atoms. The smallest absolute Gasteiger partial charge is 0.335 e. The van der Waals surface area contributed by atoms with Gasteiger partial charge in [0.1, 0.15) is 0 Å². The van der Waals surface area contributed by atoms with Gasteiger partial charge in [-0.3, -0.25) is 0 Å². The van der Waals surface area contributed by atoms with E-state index in [-0.39, 0.29) is 16.6 Å². The van der Waals surface area contributed by atoms with Gasteiger partial charge in [0.05, 0.1) is 16.3 Å². The molecule has 0 atom stereocenters. The van der Waals surface area contributed by atoms with Gasteiger partial charge in [0, 0.05) is 13.1 Å². The zero-order valence-electron chi connectivity index (χ0n) is 11.1. The van der Waals surface area contributed by atoms with Crippen LogP contribution in [-0.2, 0) is 0 Å². The van der Waals surface area contributed by atoms with Crippen molar-refractivity contribution >= 4 is 29.3 Å². The first-order valence-electron chi connectivity index (χ1n) is 6.66. The van der Waals surface area contributed by atoms with Crippen molar-refractivity contribution in [2.45, 2.75) is 25.7 Å². The van der Waals surface area contributed by atoms with Crippen molar-refractivity contribution in [3.05, 3.63) is 28.8 Å². The van der Waals surface area contributed by atoms with Gasteiger partial charge in [-0.05, 0) is 31.0 Å². The van der Waals surface area contributed by atoms with Gasteiger partial charge in [-0.15, -0.1) is 0 Å². The van der Waals surface area contributed by atoms with Crippen LogP contribution >= 0.6 is 11.6 Å². The molecule has 0 radical (unpaired) electrons. The quantitative estimate of drug-likeness (QED) is 0.878. The normalized spacial score (nSPS) is 15.6. The number of nitrogens with zero attached hydrogens (tertiary/aromatic N) is 1. The van der Waals surface area contributed by atoms with E-state index in [1.165, 1.54) is 18.2 Å². The Kier molecular flexibility index (Phi) is 4.84. The number of aromatic carboxylic acids is 1. The number of halogens is 1. The molecule has 1 fully saturated rings. The molecule has 2 rings (SSSR count). The largest absolute Gasteiger partial charge is 0.478 e. The number of carbonyl (C=O) groups excluding carboxylic acids is 1. The lowest BCUT2D eigenvalue weighted by atomic mass is 10.2. The summed E-state index contributed by atoms with van der Waals surface area (Å²) in [7, 11) is 0. The molecule has 1 saturated heterocycles. The molecule has 0 unspecified atom stereocenters. The first kappa shape index (κ1) is 14.7. The van der Waals surface area contributed by atoms with Crippen LogP contribution in [0.2, 0.25) is 5.02 Å². The number of carbonyl (C=O) groups is 2. The van der Waals surface area contributed by atoms with E-state index in [4.69, 9.17) is 16.7 Å². The summed E-state index contributed by atoms with van der Waals surface area (Å²) in [5.41, 5.74) is 0.536. The zero-order chi connectivity index (χ0) is 14.5. The fraction of sp³-hybridized carbons (Fsp3) is 0.429. The van der Waals surface area contributed by atoms with Crippen molar-refractivity contribution in [1.82, 2.24) is 4.90 Å². The molecule has 1 aromatic rings. The molecule has 0 saturated carbocycles. The molecular weight excluding hydrogens is 280 g/mol. The lowest BCUT2D eigenvalue weighted by Gasteiger charge is -2.21. The minimum absolute atomic E-state index is 0.0998. The van der Waals surface area contributed by atoms with Crippen molar-refractivity contribution in [3.8, 4) is 0 Å². The zero-order valence-corrected chi connectivity index (χ0v) is 11.8. The second-order valence-corrected chi connectivity index (χ2v) is 5.24. The third kappa shape index (κ3) is 3.63. The predicted molar refractivity (Wildman–Crippen MR) is 77.5 cm³/mol. The molecule has 5 nitrogen and oxygen atoms in total. The van der Waals surface area contributed by atoms with Crippen molar-refractivity contribution in [1.29, 1.82) is 0 Å². The fourth-order valence-corrected chi connectivity index (χ4v) is 2.45. The molecular formula is C14H17ClN2O3. The molecule has 2 amide bonds. The maximum absolute atomic E-state index is 12.1. The average molecular weight is 297 g/mol. The summed E-state index contributed by atoms with van der Waals surface area (Å²) in [5.74, 6) is -1.04. The number of carboxylic acids is 1. The lowest BCUT2D eigenvalue weighted by Crippen LogP contribution is -2.35. The maximum Gasteiger partial charge on any atom is 0.335 e. The fourth-order valence-electron chi connectivity index (χ4n) is 2.22. The first-order chi connectivity index (χ1) is 9.58. The second-order valence-electron chi connectivity index (χ2n) is 4.83. The van der Waals surface area contributed by atoms with Crippen LogP contribution in [0.1, 0.15) is 36.0 Å². The van der Waals surface area contributed by atoms with Crippen molar-refractivity contribution in [2.75, 3.05) is 18.4 Å². The van der Waals surface area contributed by atoms with Gasteiger partial charge in [0.2, 0.25) is 0 Å². The third-order valence-electron chi connectivity index (χ3n) is 3.35. The van der Waals surface area contributed by atoms with E-state index in [0.717, 1.165) is 38.8 Å². The molecule has 1 aromatic carbocycles. The summed E-state index contributed by atoms with van der Waals surface area (Å²) >= 11 is 5.99. The summed E-state index contributed by atoms with van der Waals surface area (Å²) in [5, 5.41) is 11.8. The summed E-state index contributed by atoms with van der Waals surface area (Å²) in [6, 6.07) is 4.09. The molecule has 6 heteroatoms. The Bertz CT molecular complexity index is 511. The molecule has 0 aliphatic carbocycles. The van der Waals surface area contributed by atoms with Gasteiger partial charge in [-0.1, -0.05) is 24.4 Å². The van der Waals surface area contributed by atoms with Crippen LogP contribution in [0.25, 0.3) is 0 Å². The first-order valence-corrected chi connectivity index (χ1v) is 7.04. The molecule has 1 aliphatic heterocycles. The van der Waals surface area contributed by atoms with Crippen LogP contribution < -0.4 is 5.32 Å². The number of nitrogens with one attached hydrogen (secondary N) is 1. The number of likely N-dealkylation sites (tertiary alicyclic amines) is 1. The summed E-state index contributed by atoms with van der Waals surface area (Å²) < 4.78 is 0. The number of amides is 2. The number of rotatable bonds is 2. The highest BCUT2D eigenvalue weighted by molar-refractivity contribution is 6.34. The Labute approximate surface area is 122 Å². The third-order valence-corrected chi connectivity index (χ3v) is 3.66. The molecule has 0 spiro atoms. The van der Waals surface area contributed by atoms with Crippen LogP contribution in [0.5, 0.6) is 0 Å². The maximum atomic E-state index is 12.1. The van der Waals surface area contributed by atoms with Crippen molar-refractivity contribution < 1.29 is 14.7 Å². The standard InChI is InChI=1S/C14H17ClN2O3/c15-11-9-10(13(18)19)5-6-12(11)16-14(20)17-7-3-1-2-4-8-17/h5-6,9H,1-4,7-8H2,(H,16,20)(H,18,19). The monoisotopic (exact) mass is 296 g/mol. The van der Waals surface area contributed by atoms with Crippen LogP contribution in [0.4, 0.5) is 10.5 Å². The summed E-state index contributed by atoms with van der Waals surface area (Å²) in [6.07, 6.45) is 4.33. The van der Waals surface area contributed by atoms with Gasteiger partial charge in [-0.2, -0.15) is 0 Å². The lowest BCUT2D eigenvalue weighted by molar-refractivity contribution is 0.0697. The second kappa shape index (κ2) is 6.61. The van der Waals surface area contributed by atoms with E-state index in [2.05, 4.69) is 5.32 Å². The molecule has 1 aliphatic rings. The van der Waals surface area contributed by atoms with E-state index < -0.39 is 5.97 Å². The average Bonchev–Trinajstić information content (AvgIpc) is 2.69. The van der Waals surface area contributed by atoms with Crippen LogP contribution in [0, 0.1) is 0 Å². The minimum Gasteiger partial charge on any atom is -0.478 e. The van der Waals surface area contributed by atoms with E-state index in [9.17, 15) is 9.59 Å². The molecule has 1 heterocycles. The Balaban J connectivity index is 2.05. The predicted octanol–water partition coefficient (Wildman–Crippen LogP) is 3.45. The van der Waals surface area contributed by atoms with E-state index in [0.29, 0.717) is 5.69 Å². The molecule has 0 aromatic heterocycles. The molecule has 20 heavy (non-hydrogen) atoms. The molecule has 2 N–H and O–H groups in total. The highest BCUT2D eigenvalue weighted by Gasteiger charge is 2.16. The Morgan fingerprint density at radius 2 is 1.80 bits per heavy atom. The van der Waals surface area contributed by atoms with E-state index >= 15 is 0 Å². The number of hydrogen-bond acceptors (Lipinski definition) is 2. The number of urea groups is 1. The summed E-state index contributed by atoms with van der Waals surface area (Å²) in [6.45, 7) is 1.49. The van der Waals surface area contributed by atoms with Crippen molar-refractivity contribution in [3.63, 3.8) is 0 Å². The van der Waals surface area contributed by atoms with Crippen molar-refractivity contribution in [2.24, 2.45) is 0 Å². The number of hydrogen-bond donors (Lipinski definition) is 2. The van der Waals surface area contributed by atoms with Gasteiger partial charge in [-0.25, -0.2) is 9.59 Å². The Morgan fingerprint density at radius 3 is 2.35 bits per heavy atom. The van der Waals surface area contributed by atoms with Crippen LogP contribution in [0.3, 0.4) is 0 Å².